The summed E-state index contributed by atoms with van der Waals surface area (Å²) in [6.45, 7) is 7.88. The Morgan fingerprint density at radius 2 is 1.48 bits per heavy atom. The minimum absolute atomic E-state index is 0. The third kappa shape index (κ3) is 10.1. The Kier molecular flexibility index (Phi) is 18.0. The Morgan fingerprint density at radius 1 is 0.810 bits per heavy atom. The van der Waals surface area contributed by atoms with Gasteiger partial charge in [-0.05, 0) is 36.7 Å². The van der Waals surface area contributed by atoms with Crippen molar-refractivity contribution >= 4 is 34.6 Å². The fourth-order valence-electron chi connectivity index (χ4n) is 7.42. The van der Waals surface area contributed by atoms with Gasteiger partial charge in [0.25, 0.3) is 0 Å². The summed E-state index contributed by atoms with van der Waals surface area (Å²) in [5.74, 6) is 3.19. The summed E-state index contributed by atoms with van der Waals surface area (Å²) in [7, 11) is 0. The second kappa shape index (κ2) is 20.2. The number of fused-ring (bicyclic) bond motifs is 6. The van der Waals surface area contributed by atoms with Crippen LogP contribution >= 0.6 is 24.8 Å². The molecule has 42 heavy (non-hydrogen) atoms. The molecule has 0 saturated heterocycles. The number of rotatable bonds is 0. The summed E-state index contributed by atoms with van der Waals surface area (Å²) in [5.41, 5.74) is 9.71. The first-order chi connectivity index (χ1) is 19.7. The molecule has 3 heteroatoms. The molecule has 0 bridgehead atoms. The van der Waals surface area contributed by atoms with E-state index in [-0.39, 0.29) is 24.8 Å². The molecule has 2 atom stereocenters. The summed E-state index contributed by atoms with van der Waals surface area (Å²) in [6, 6.07) is 9.07. The van der Waals surface area contributed by atoms with Crippen LogP contribution in [0.25, 0.3) is 5.57 Å². The fourth-order valence-corrected chi connectivity index (χ4v) is 7.42. The molecule has 0 nitrogen and oxygen atoms in total. The summed E-state index contributed by atoms with van der Waals surface area (Å²) in [6.07, 6.45) is 36.5. The van der Waals surface area contributed by atoms with Crippen molar-refractivity contribution in [3.63, 3.8) is 0 Å². The molecule has 0 aliphatic heterocycles. The van der Waals surface area contributed by atoms with Crippen LogP contribution in [0, 0.1) is 50.0 Å². The van der Waals surface area contributed by atoms with E-state index in [4.69, 9.17) is 0 Å². The van der Waals surface area contributed by atoms with Crippen LogP contribution in [0.2, 0.25) is 0 Å². The van der Waals surface area contributed by atoms with E-state index in [1.807, 2.05) is 12.2 Å². The minimum atomic E-state index is 0. The fraction of sp³-hybridized carbons (Fsp3) is 0.487. The van der Waals surface area contributed by atoms with Crippen LogP contribution in [0.4, 0.5) is 0 Å². The first-order valence-corrected chi connectivity index (χ1v) is 17.7. The molecule has 7 aliphatic carbocycles. The summed E-state index contributed by atoms with van der Waals surface area (Å²) in [4.78, 5) is 0. The van der Waals surface area contributed by atoms with Crippen LogP contribution in [0.15, 0.2) is 71.4 Å². The van der Waals surface area contributed by atoms with E-state index < -0.39 is 0 Å². The average Bonchev–Trinajstić information content (AvgIpc) is 3.84. The Morgan fingerprint density at radius 3 is 2.02 bits per heavy atom. The molecule has 0 radical (unpaired) electrons. The molecule has 0 amide bonds. The van der Waals surface area contributed by atoms with Crippen molar-refractivity contribution in [2.75, 3.05) is 0 Å². The van der Waals surface area contributed by atoms with Crippen LogP contribution in [0.3, 0.4) is 0 Å². The number of benzene rings is 1. The van der Waals surface area contributed by atoms with Crippen molar-refractivity contribution in [1.82, 2.24) is 0 Å². The van der Waals surface area contributed by atoms with Gasteiger partial charge >= 0.3 is 28.4 Å². The second-order valence-electron chi connectivity index (χ2n) is 12.2. The normalized spacial score (nSPS) is 24.2. The first kappa shape index (κ1) is 37.3. The number of hydrogen-bond donors (Lipinski definition) is 0. The first-order valence-electron chi connectivity index (χ1n) is 16.0. The van der Waals surface area contributed by atoms with Crippen molar-refractivity contribution in [3.8, 4) is 0 Å². The van der Waals surface area contributed by atoms with E-state index in [9.17, 15) is 0 Å². The maximum absolute atomic E-state index is 3.94. The van der Waals surface area contributed by atoms with Crippen LogP contribution in [-0.4, -0.2) is 4.21 Å². The predicted octanol–water partition coefficient (Wildman–Crippen LogP) is 11.4. The van der Waals surface area contributed by atoms with Crippen molar-refractivity contribution in [2.45, 2.75) is 96.3 Å². The van der Waals surface area contributed by atoms with Gasteiger partial charge in [0.2, 0.25) is 0 Å². The molecular formula is C39H52Cl2Zr-4. The number of halogens is 2. The Labute approximate surface area is 285 Å². The molecule has 2 unspecified atom stereocenters. The topological polar surface area (TPSA) is 0 Å². The van der Waals surface area contributed by atoms with Crippen LogP contribution in [0.5, 0.6) is 0 Å². The molecule has 1 aromatic rings. The molecule has 0 aromatic heterocycles. The molecule has 1 aromatic carbocycles. The molecule has 7 aliphatic rings. The standard InChI is InChI=1S/C21H21.2C6H11.C5H5.CH2.2ClH.Zr/c1-2-8-15-14(7-1)13-20-18-11-4-3-9-16(18)17-10-5-6-12-19(17)21(15)20;2*1-6-4-2-3-5-6;1-2-4-5-3-1;;;;/h1-2,6-8,11-12,16-17H,3-5,9-10,13H2;2*6H,1-5H2;1-3H,4H2;1H2;2*1H;/q4*-1;;;;. The maximum atomic E-state index is 3.94. The van der Waals surface area contributed by atoms with Crippen molar-refractivity contribution in [3.05, 3.63) is 109 Å². The van der Waals surface area contributed by atoms with E-state index >= 15 is 0 Å². The zero-order chi connectivity index (χ0) is 28.2. The molecule has 0 spiro atoms. The van der Waals surface area contributed by atoms with Crippen molar-refractivity contribution in [1.29, 1.82) is 0 Å². The summed E-state index contributed by atoms with van der Waals surface area (Å²) < 4.78 is 3.34. The van der Waals surface area contributed by atoms with Gasteiger partial charge in [-0.3, -0.25) is 6.08 Å². The zero-order valence-corrected chi connectivity index (χ0v) is 29.7. The van der Waals surface area contributed by atoms with Gasteiger partial charge in [-0.25, -0.2) is 24.1 Å². The molecule has 8 rings (SSSR count). The number of allylic oxidation sites excluding steroid dienone is 10. The third-order valence-electron chi connectivity index (χ3n) is 9.44. The quantitative estimate of drug-likeness (QED) is 0.239. The van der Waals surface area contributed by atoms with E-state index in [0.717, 1.165) is 36.5 Å². The Hall–Kier alpha value is -0.877. The Balaban J connectivity index is 0.000000241. The summed E-state index contributed by atoms with van der Waals surface area (Å²) in [5, 5.41) is 0. The van der Waals surface area contributed by atoms with Gasteiger partial charge < -0.3 is 13.8 Å². The van der Waals surface area contributed by atoms with Crippen LogP contribution in [0.1, 0.15) is 101 Å². The molecular weight excluding hydrogens is 631 g/mol. The van der Waals surface area contributed by atoms with Crippen LogP contribution < -0.4 is 0 Å². The zero-order valence-electron chi connectivity index (χ0n) is 25.6. The van der Waals surface area contributed by atoms with E-state index in [2.05, 4.69) is 73.0 Å². The van der Waals surface area contributed by atoms with E-state index in [1.165, 1.54) is 113 Å². The van der Waals surface area contributed by atoms with Gasteiger partial charge in [-0.15, -0.1) is 37.7 Å². The molecule has 0 N–H and O–H groups in total. The van der Waals surface area contributed by atoms with Gasteiger partial charge in [-0.2, -0.15) is 23.5 Å². The monoisotopic (exact) mass is 680 g/mol. The third-order valence-corrected chi connectivity index (χ3v) is 9.44. The summed E-state index contributed by atoms with van der Waals surface area (Å²) >= 11 is 1.30. The van der Waals surface area contributed by atoms with E-state index in [0.29, 0.717) is 0 Å². The molecule has 0 heterocycles. The van der Waals surface area contributed by atoms with Gasteiger partial charge in [0.05, 0.1) is 0 Å². The molecule has 3 fully saturated rings. The molecule has 3 saturated carbocycles. The SMILES string of the molecule is C1=CC2=C3C(=C4[CH-]CCCC4C2CC1)Cc1ccccc13.Cl.Cl.[C-]1=CC=CC1.[CH2-]C1CCCC1.[CH2-]C1CCCC1.[CH2]=[Zr]. The average molecular weight is 683 g/mol. The van der Waals surface area contributed by atoms with Crippen LogP contribution in [-0.2, 0) is 30.7 Å². The molecule has 230 valence electrons. The predicted molar refractivity (Wildman–Crippen MR) is 185 cm³/mol. The van der Waals surface area contributed by atoms with Gasteiger partial charge in [0.15, 0.2) is 0 Å². The number of hydrogen-bond acceptors (Lipinski definition) is 0. The van der Waals surface area contributed by atoms with Crippen molar-refractivity contribution in [2.24, 2.45) is 23.7 Å². The van der Waals surface area contributed by atoms with Gasteiger partial charge in [-0.1, -0.05) is 117 Å². The van der Waals surface area contributed by atoms with Crippen molar-refractivity contribution < 1.29 is 24.2 Å². The van der Waals surface area contributed by atoms with Gasteiger partial charge in [0, 0.05) is 0 Å². The van der Waals surface area contributed by atoms with E-state index in [1.54, 1.807) is 27.9 Å². The second-order valence-corrected chi connectivity index (χ2v) is 12.2. The Bertz CT molecular complexity index is 1070. The van der Waals surface area contributed by atoms with Gasteiger partial charge in [0.1, 0.15) is 0 Å².